The summed E-state index contributed by atoms with van der Waals surface area (Å²) >= 11 is 10.7. The fraction of sp³-hybridized carbons (Fsp3) is 0.0667. The Kier molecular flexibility index (Phi) is 4.68. The summed E-state index contributed by atoms with van der Waals surface area (Å²) in [5.41, 5.74) is 5.84. The molecule has 0 unspecified atom stereocenters. The minimum atomic E-state index is -0.530. The average molecular weight is 368 g/mol. The molecule has 0 bridgehead atoms. The third-order valence-corrected chi connectivity index (χ3v) is 3.60. The number of anilines is 1. The number of hydrazine groups is 1. The molecule has 0 aliphatic carbocycles. The van der Waals surface area contributed by atoms with Crippen LogP contribution in [0, 0.1) is 5.82 Å². The summed E-state index contributed by atoms with van der Waals surface area (Å²) in [6.07, 6.45) is 0. The van der Waals surface area contributed by atoms with Crippen molar-refractivity contribution in [1.29, 1.82) is 0 Å². The molecule has 0 spiro atoms. The number of carbonyl (C=O) groups is 1. The molecular formula is C15H11ClFN3O3S. The molecule has 0 saturated carbocycles. The van der Waals surface area contributed by atoms with E-state index < -0.39 is 11.7 Å². The van der Waals surface area contributed by atoms with Crippen LogP contribution in [0.15, 0.2) is 36.4 Å². The van der Waals surface area contributed by atoms with E-state index in [2.05, 4.69) is 16.2 Å². The molecule has 3 N–H and O–H groups in total. The molecule has 0 fully saturated rings. The van der Waals surface area contributed by atoms with Crippen LogP contribution >= 0.6 is 23.8 Å². The number of thiocarbonyl (C=S) groups is 1. The molecular weight excluding hydrogens is 357 g/mol. The number of nitrogens with one attached hydrogen (secondary N) is 3. The molecule has 2 aromatic carbocycles. The van der Waals surface area contributed by atoms with E-state index in [1.807, 2.05) is 0 Å². The Hall–Kier alpha value is -2.58. The molecule has 6 nitrogen and oxygen atoms in total. The first-order valence-electron chi connectivity index (χ1n) is 6.75. The second kappa shape index (κ2) is 6.90. The molecule has 24 heavy (non-hydrogen) atoms. The number of hydrogen-bond donors (Lipinski definition) is 3. The molecule has 3 rings (SSSR count). The first-order valence-corrected chi connectivity index (χ1v) is 7.53. The van der Waals surface area contributed by atoms with Gasteiger partial charge in [0, 0.05) is 11.3 Å². The number of rotatable bonds is 2. The molecule has 1 amide bonds. The molecule has 0 aromatic heterocycles. The monoisotopic (exact) mass is 367 g/mol. The third-order valence-electron chi connectivity index (χ3n) is 3.10. The minimum absolute atomic E-state index is 0.0350. The van der Waals surface area contributed by atoms with Crippen LogP contribution < -0.4 is 25.6 Å². The summed E-state index contributed by atoms with van der Waals surface area (Å²) in [5.74, 6) is 0.154. The zero-order chi connectivity index (χ0) is 17.1. The van der Waals surface area contributed by atoms with Crippen LogP contribution in [0.2, 0.25) is 5.02 Å². The van der Waals surface area contributed by atoms with Crippen LogP contribution in [0.3, 0.4) is 0 Å². The normalized spacial score (nSPS) is 11.8. The smallest absolute Gasteiger partial charge is 0.269 e. The number of benzene rings is 2. The van der Waals surface area contributed by atoms with E-state index in [1.165, 1.54) is 18.2 Å². The summed E-state index contributed by atoms with van der Waals surface area (Å²) in [4.78, 5) is 12.1. The molecule has 0 atom stereocenters. The quantitative estimate of drug-likeness (QED) is 0.560. The Morgan fingerprint density at radius 3 is 2.71 bits per heavy atom. The van der Waals surface area contributed by atoms with Gasteiger partial charge in [-0.15, -0.1) is 0 Å². The van der Waals surface area contributed by atoms with E-state index >= 15 is 0 Å². The fourth-order valence-electron chi connectivity index (χ4n) is 1.96. The van der Waals surface area contributed by atoms with Gasteiger partial charge in [0.2, 0.25) is 6.79 Å². The van der Waals surface area contributed by atoms with Crippen LogP contribution in [0.4, 0.5) is 10.1 Å². The van der Waals surface area contributed by atoms with Crippen molar-refractivity contribution >= 4 is 40.5 Å². The van der Waals surface area contributed by atoms with Crippen molar-refractivity contribution in [1.82, 2.24) is 10.9 Å². The van der Waals surface area contributed by atoms with Crippen molar-refractivity contribution in [3.05, 3.63) is 52.8 Å². The predicted octanol–water partition coefficient (Wildman–Crippen LogP) is 2.84. The van der Waals surface area contributed by atoms with E-state index in [-0.39, 0.29) is 16.9 Å². The first-order chi connectivity index (χ1) is 11.5. The molecule has 0 radical (unpaired) electrons. The minimum Gasteiger partial charge on any atom is -0.454 e. The summed E-state index contributed by atoms with van der Waals surface area (Å²) in [7, 11) is 0. The first kappa shape index (κ1) is 16.3. The number of fused-ring (bicyclic) bond motifs is 1. The predicted molar refractivity (Wildman–Crippen MR) is 90.8 cm³/mol. The zero-order valence-electron chi connectivity index (χ0n) is 12.1. The van der Waals surface area contributed by atoms with Gasteiger partial charge in [-0.2, -0.15) is 0 Å². The highest BCUT2D eigenvalue weighted by atomic mass is 35.5. The molecule has 9 heteroatoms. The maximum atomic E-state index is 13.1. The average Bonchev–Trinajstić information content (AvgIpc) is 3.03. The van der Waals surface area contributed by atoms with Crippen molar-refractivity contribution in [2.75, 3.05) is 12.1 Å². The Labute approximate surface area is 146 Å². The van der Waals surface area contributed by atoms with E-state index in [0.29, 0.717) is 22.7 Å². The van der Waals surface area contributed by atoms with Crippen LogP contribution in [0.25, 0.3) is 0 Å². The number of halogens is 2. The lowest BCUT2D eigenvalue weighted by atomic mass is 10.2. The van der Waals surface area contributed by atoms with Crippen molar-refractivity contribution in [2.45, 2.75) is 0 Å². The van der Waals surface area contributed by atoms with Crippen LogP contribution in [0.5, 0.6) is 11.5 Å². The van der Waals surface area contributed by atoms with Crippen molar-refractivity contribution in [3.63, 3.8) is 0 Å². The Morgan fingerprint density at radius 2 is 1.92 bits per heavy atom. The number of hydrogen-bond acceptors (Lipinski definition) is 4. The maximum Gasteiger partial charge on any atom is 0.269 e. The van der Waals surface area contributed by atoms with Crippen molar-refractivity contribution in [3.8, 4) is 11.5 Å². The summed E-state index contributed by atoms with van der Waals surface area (Å²) in [6.45, 7) is 0.132. The topological polar surface area (TPSA) is 71.6 Å². The molecule has 2 aromatic rings. The van der Waals surface area contributed by atoms with Gasteiger partial charge in [0.1, 0.15) is 5.82 Å². The van der Waals surface area contributed by atoms with E-state index in [0.717, 1.165) is 0 Å². The molecule has 1 heterocycles. The lowest BCUT2D eigenvalue weighted by Gasteiger charge is -2.12. The maximum absolute atomic E-state index is 13.1. The Bertz CT molecular complexity index is 819. The Balaban J connectivity index is 1.55. The van der Waals surface area contributed by atoms with Gasteiger partial charge in [-0.05, 0) is 48.6 Å². The van der Waals surface area contributed by atoms with Crippen LogP contribution in [-0.4, -0.2) is 17.8 Å². The fourth-order valence-corrected chi connectivity index (χ4v) is 2.31. The summed E-state index contributed by atoms with van der Waals surface area (Å²) < 4.78 is 23.5. The van der Waals surface area contributed by atoms with Gasteiger partial charge in [0.25, 0.3) is 5.91 Å². The SMILES string of the molecule is O=C(NNC(=S)Nc1ccc(F)c(Cl)c1)c1ccc2c(c1)OCO2. The molecule has 1 aliphatic rings. The van der Waals surface area contributed by atoms with Gasteiger partial charge >= 0.3 is 0 Å². The van der Waals surface area contributed by atoms with E-state index in [9.17, 15) is 9.18 Å². The lowest BCUT2D eigenvalue weighted by molar-refractivity contribution is 0.0943. The molecule has 1 aliphatic heterocycles. The van der Waals surface area contributed by atoms with E-state index in [1.54, 1.807) is 18.2 Å². The highest BCUT2D eigenvalue weighted by Crippen LogP contribution is 2.32. The van der Waals surface area contributed by atoms with Crippen molar-refractivity contribution < 1.29 is 18.7 Å². The molecule has 124 valence electrons. The van der Waals surface area contributed by atoms with E-state index in [4.69, 9.17) is 33.3 Å². The van der Waals surface area contributed by atoms with Crippen LogP contribution in [-0.2, 0) is 0 Å². The van der Waals surface area contributed by atoms with Gasteiger partial charge in [-0.3, -0.25) is 15.6 Å². The number of carbonyl (C=O) groups excluding carboxylic acids is 1. The lowest BCUT2D eigenvalue weighted by Crippen LogP contribution is -2.43. The second-order valence-electron chi connectivity index (χ2n) is 4.73. The molecule has 0 saturated heterocycles. The second-order valence-corrected chi connectivity index (χ2v) is 5.55. The number of amides is 1. The summed E-state index contributed by atoms with van der Waals surface area (Å²) in [6, 6.07) is 8.86. The van der Waals surface area contributed by atoms with Gasteiger partial charge in [-0.25, -0.2) is 4.39 Å². The third kappa shape index (κ3) is 3.66. The summed E-state index contributed by atoms with van der Waals surface area (Å²) in [5, 5.41) is 2.85. The van der Waals surface area contributed by atoms with Gasteiger partial charge in [0.15, 0.2) is 16.6 Å². The van der Waals surface area contributed by atoms with Crippen LogP contribution in [0.1, 0.15) is 10.4 Å². The highest BCUT2D eigenvalue weighted by molar-refractivity contribution is 7.80. The van der Waals surface area contributed by atoms with Gasteiger partial charge < -0.3 is 14.8 Å². The largest absolute Gasteiger partial charge is 0.454 e. The Morgan fingerprint density at radius 1 is 1.12 bits per heavy atom. The zero-order valence-corrected chi connectivity index (χ0v) is 13.6. The van der Waals surface area contributed by atoms with Crippen molar-refractivity contribution in [2.24, 2.45) is 0 Å². The van der Waals surface area contributed by atoms with Gasteiger partial charge in [0.05, 0.1) is 5.02 Å². The highest BCUT2D eigenvalue weighted by Gasteiger charge is 2.16. The standard InChI is InChI=1S/C15H11ClFN3O3S/c16-10-6-9(2-3-11(10)17)18-15(24)20-19-14(21)8-1-4-12-13(5-8)23-7-22-12/h1-6H,7H2,(H,19,21)(H2,18,20,24). The van der Waals surface area contributed by atoms with Gasteiger partial charge in [-0.1, -0.05) is 11.6 Å². The number of ether oxygens (including phenoxy) is 2.